The number of hydrogen-bond donors (Lipinski definition) is 2. The Morgan fingerprint density at radius 1 is 0.722 bits per heavy atom. The van der Waals surface area contributed by atoms with Crippen molar-refractivity contribution in [3.05, 3.63) is 107 Å². The number of alkyl carbamates (subject to hydrolysis) is 2. The Morgan fingerprint density at radius 2 is 1.31 bits per heavy atom. The van der Waals surface area contributed by atoms with Crippen LogP contribution in [0.4, 0.5) is 9.59 Å². The van der Waals surface area contributed by atoms with Gasteiger partial charge in [-0.3, -0.25) is 20.2 Å². The van der Waals surface area contributed by atoms with Crippen molar-refractivity contribution in [2.24, 2.45) is 0 Å². The van der Waals surface area contributed by atoms with E-state index in [-0.39, 0.29) is 13.2 Å². The van der Waals surface area contributed by atoms with E-state index in [0.29, 0.717) is 36.0 Å². The average molecular weight is 487 g/mol. The monoisotopic (exact) mass is 486 g/mol. The number of imide groups is 2. The van der Waals surface area contributed by atoms with Crippen molar-refractivity contribution >= 4 is 24.0 Å². The second-order valence-electron chi connectivity index (χ2n) is 8.39. The number of ether oxygens (including phenoxy) is 2. The third-order valence-electron chi connectivity index (χ3n) is 5.93. The van der Waals surface area contributed by atoms with Gasteiger partial charge in [-0.15, -0.1) is 0 Å². The maximum Gasteiger partial charge on any atom is 0.414 e. The van der Waals surface area contributed by atoms with Crippen LogP contribution in [-0.4, -0.2) is 24.0 Å². The molecule has 0 fully saturated rings. The van der Waals surface area contributed by atoms with E-state index in [9.17, 15) is 19.2 Å². The summed E-state index contributed by atoms with van der Waals surface area (Å²) in [7, 11) is 0. The average Bonchev–Trinajstić information content (AvgIpc) is 2.91. The Balaban J connectivity index is 1.37. The van der Waals surface area contributed by atoms with E-state index in [0.717, 1.165) is 11.1 Å². The van der Waals surface area contributed by atoms with E-state index in [4.69, 9.17) is 9.47 Å². The first kappa shape index (κ1) is 24.7. The highest BCUT2D eigenvalue weighted by Crippen LogP contribution is 2.33. The Hall–Kier alpha value is -4.46. The summed E-state index contributed by atoms with van der Waals surface area (Å²) in [6.45, 7) is 0.0847. The number of amides is 4. The van der Waals surface area contributed by atoms with Crippen LogP contribution in [0.2, 0.25) is 0 Å². The Morgan fingerprint density at radius 3 is 1.92 bits per heavy atom. The normalized spacial score (nSPS) is 14.2. The standard InChI is InChI=1S/C28H26N2O6/c31-25(29-27(33)35-17-19-9-3-1-4-10-19)23-15-7-14-22-21(23)13-8-16-24(22)26(32)30-28(34)36-18-20-11-5-2-6-12-20/h1-7,9-12,14-15,24H,8,13,16-18H2,(H,29,31,33)(H,30,32,34). The van der Waals surface area contributed by atoms with Crippen LogP contribution in [0.3, 0.4) is 0 Å². The predicted octanol–water partition coefficient (Wildman–Crippen LogP) is 4.63. The lowest BCUT2D eigenvalue weighted by Crippen LogP contribution is -2.37. The second-order valence-corrected chi connectivity index (χ2v) is 8.39. The third-order valence-corrected chi connectivity index (χ3v) is 5.93. The van der Waals surface area contributed by atoms with Gasteiger partial charge in [-0.2, -0.15) is 0 Å². The zero-order valence-electron chi connectivity index (χ0n) is 19.6. The quantitative estimate of drug-likeness (QED) is 0.526. The fourth-order valence-corrected chi connectivity index (χ4v) is 4.20. The van der Waals surface area contributed by atoms with Gasteiger partial charge in [0.2, 0.25) is 5.91 Å². The summed E-state index contributed by atoms with van der Waals surface area (Å²) in [5.41, 5.74) is 3.23. The first-order valence-corrected chi connectivity index (χ1v) is 11.7. The maximum absolute atomic E-state index is 12.9. The highest BCUT2D eigenvalue weighted by atomic mass is 16.6. The van der Waals surface area contributed by atoms with Crippen LogP contribution in [0.15, 0.2) is 78.9 Å². The van der Waals surface area contributed by atoms with Crippen LogP contribution in [0.1, 0.15) is 51.4 Å². The molecule has 184 valence electrons. The van der Waals surface area contributed by atoms with Crippen LogP contribution in [0, 0.1) is 0 Å². The van der Waals surface area contributed by atoms with Gasteiger partial charge in [0.25, 0.3) is 5.91 Å². The van der Waals surface area contributed by atoms with E-state index in [2.05, 4.69) is 10.6 Å². The molecular formula is C28H26N2O6. The van der Waals surface area contributed by atoms with Crippen LogP contribution in [0.5, 0.6) is 0 Å². The molecule has 1 atom stereocenters. The minimum atomic E-state index is -0.854. The van der Waals surface area contributed by atoms with Gasteiger partial charge in [0.15, 0.2) is 0 Å². The largest absolute Gasteiger partial charge is 0.444 e. The molecule has 1 unspecified atom stereocenters. The zero-order valence-corrected chi connectivity index (χ0v) is 19.6. The van der Waals surface area contributed by atoms with Crippen LogP contribution in [0.25, 0.3) is 0 Å². The molecule has 0 saturated carbocycles. The SMILES string of the molecule is O=C(NC(=O)c1cccc2c1CCCC2C(=O)NC(=O)OCc1ccccc1)OCc1ccccc1. The molecule has 1 aliphatic rings. The molecule has 4 rings (SSSR count). The zero-order chi connectivity index (χ0) is 25.3. The third kappa shape index (κ3) is 6.35. The highest BCUT2D eigenvalue weighted by molar-refractivity contribution is 6.04. The smallest absolute Gasteiger partial charge is 0.414 e. The number of hydrogen-bond acceptors (Lipinski definition) is 6. The van der Waals surface area contributed by atoms with Crippen molar-refractivity contribution in [3.63, 3.8) is 0 Å². The summed E-state index contributed by atoms with van der Waals surface area (Å²) in [5, 5.41) is 4.55. The lowest BCUT2D eigenvalue weighted by Gasteiger charge is -2.26. The molecule has 2 N–H and O–H groups in total. The lowest BCUT2D eigenvalue weighted by molar-refractivity contribution is -0.122. The van der Waals surface area contributed by atoms with Gasteiger partial charge in [-0.1, -0.05) is 72.8 Å². The summed E-state index contributed by atoms with van der Waals surface area (Å²) in [6.07, 6.45) is 0.0565. The van der Waals surface area contributed by atoms with E-state index in [1.54, 1.807) is 18.2 Å². The van der Waals surface area contributed by atoms with Crippen molar-refractivity contribution in [3.8, 4) is 0 Å². The number of benzene rings is 3. The van der Waals surface area contributed by atoms with Crippen LogP contribution >= 0.6 is 0 Å². The Bertz CT molecular complexity index is 1240. The minimum absolute atomic E-state index is 0.0372. The summed E-state index contributed by atoms with van der Waals surface area (Å²) in [6, 6.07) is 23.3. The Kier molecular flexibility index (Phi) is 8.08. The van der Waals surface area contributed by atoms with Gasteiger partial charge >= 0.3 is 12.2 Å². The molecule has 4 amide bonds. The molecule has 3 aromatic rings. The summed E-state index contributed by atoms with van der Waals surface area (Å²) in [5.74, 6) is -1.71. The fourth-order valence-electron chi connectivity index (χ4n) is 4.20. The number of carbonyl (C=O) groups is 4. The Labute approximate surface area is 208 Å². The van der Waals surface area contributed by atoms with Gasteiger partial charge in [-0.05, 0) is 47.6 Å². The molecule has 3 aromatic carbocycles. The molecule has 0 aromatic heterocycles. The van der Waals surface area contributed by atoms with Crippen LogP contribution < -0.4 is 10.6 Å². The number of carbonyl (C=O) groups excluding carboxylic acids is 4. The number of nitrogens with one attached hydrogen (secondary N) is 2. The van der Waals surface area contributed by atoms with Crippen molar-refractivity contribution in [2.45, 2.75) is 38.4 Å². The molecule has 0 aliphatic heterocycles. The van der Waals surface area contributed by atoms with Gasteiger partial charge in [0.05, 0.1) is 5.92 Å². The first-order chi connectivity index (χ1) is 17.5. The maximum atomic E-state index is 12.9. The molecule has 8 nitrogen and oxygen atoms in total. The van der Waals surface area contributed by atoms with Crippen molar-refractivity contribution in [1.82, 2.24) is 10.6 Å². The van der Waals surface area contributed by atoms with E-state index in [1.807, 2.05) is 60.7 Å². The number of rotatable bonds is 6. The molecule has 8 heteroatoms. The van der Waals surface area contributed by atoms with Crippen molar-refractivity contribution in [2.75, 3.05) is 0 Å². The topological polar surface area (TPSA) is 111 Å². The second kappa shape index (κ2) is 11.8. The van der Waals surface area contributed by atoms with Gasteiger partial charge < -0.3 is 9.47 Å². The van der Waals surface area contributed by atoms with Crippen LogP contribution in [-0.2, 0) is 33.9 Å². The lowest BCUT2D eigenvalue weighted by atomic mass is 9.80. The predicted molar refractivity (Wildman–Crippen MR) is 131 cm³/mol. The van der Waals surface area contributed by atoms with E-state index >= 15 is 0 Å². The molecule has 1 aliphatic carbocycles. The summed E-state index contributed by atoms with van der Waals surface area (Å²) < 4.78 is 10.3. The summed E-state index contributed by atoms with van der Waals surface area (Å²) >= 11 is 0. The molecule has 0 heterocycles. The van der Waals surface area contributed by atoms with Crippen molar-refractivity contribution in [1.29, 1.82) is 0 Å². The first-order valence-electron chi connectivity index (χ1n) is 11.7. The molecule has 0 saturated heterocycles. The highest BCUT2D eigenvalue weighted by Gasteiger charge is 2.30. The molecule has 0 spiro atoms. The molecule has 36 heavy (non-hydrogen) atoms. The van der Waals surface area contributed by atoms with Gasteiger partial charge in [0, 0.05) is 5.56 Å². The van der Waals surface area contributed by atoms with Gasteiger partial charge in [0.1, 0.15) is 13.2 Å². The molecule has 0 radical (unpaired) electrons. The van der Waals surface area contributed by atoms with Crippen molar-refractivity contribution < 1.29 is 28.7 Å². The van der Waals surface area contributed by atoms with E-state index in [1.165, 1.54) is 0 Å². The molecular weight excluding hydrogens is 460 g/mol. The fraction of sp³-hybridized carbons (Fsp3) is 0.214. The summed E-state index contributed by atoms with van der Waals surface area (Å²) in [4.78, 5) is 50.0. The number of fused-ring (bicyclic) bond motifs is 1. The van der Waals surface area contributed by atoms with E-state index < -0.39 is 29.9 Å². The molecule has 0 bridgehead atoms. The minimum Gasteiger partial charge on any atom is -0.444 e. The van der Waals surface area contributed by atoms with Gasteiger partial charge in [-0.25, -0.2) is 9.59 Å².